The van der Waals surface area contributed by atoms with E-state index in [4.69, 9.17) is 32.2 Å². The molecule has 2 aromatic carbocycles. The van der Waals surface area contributed by atoms with Gasteiger partial charge in [-0.15, -0.1) is 0 Å². The number of nitrogens with two attached hydrogens (primary N) is 1. The number of hydrogen-bond acceptors (Lipinski definition) is 6. The Morgan fingerprint density at radius 2 is 1.89 bits per heavy atom. The molecule has 0 saturated carbocycles. The van der Waals surface area contributed by atoms with Crippen molar-refractivity contribution in [3.63, 3.8) is 0 Å². The molecule has 9 heteroatoms. The van der Waals surface area contributed by atoms with Gasteiger partial charge in [0.05, 0.1) is 14.2 Å². The van der Waals surface area contributed by atoms with Crippen molar-refractivity contribution < 1.29 is 23.8 Å². The summed E-state index contributed by atoms with van der Waals surface area (Å²) in [6, 6.07) is 9.48. The van der Waals surface area contributed by atoms with Crippen molar-refractivity contribution in [2.75, 3.05) is 20.8 Å². The Labute approximate surface area is 167 Å². The lowest BCUT2D eigenvalue weighted by atomic mass is 10.1. The van der Waals surface area contributed by atoms with E-state index >= 15 is 0 Å². The van der Waals surface area contributed by atoms with Gasteiger partial charge in [-0.2, -0.15) is 0 Å². The first-order valence-electron chi connectivity index (χ1n) is 8.13. The van der Waals surface area contributed by atoms with Crippen LogP contribution < -0.4 is 20.5 Å². The lowest BCUT2D eigenvalue weighted by molar-refractivity contribution is -0.142. The molecule has 148 valence electrons. The Morgan fingerprint density at radius 3 is 2.54 bits per heavy atom. The molecule has 0 bridgehead atoms. The third kappa shape index (κ3) is 5.62. The maximum atomic E-state index is 12.4. The van der Waals surface area contributed by atoms with E-state index in [0.29, 0.717) is 33.2 Å². The van der Waals surface area contributed by atoms with Crippen molar-refractivity contribution >= 4 is 29.3 Å². The van der Waals surface area contributed by atoms with Crippen LogP contribution in [0.2, 0.25) is 5.02 Å². The van der Waals surface area contributed by atoms with Gasteiger partial charge >= 0.3 is 5.97 Å². The Balaban J connectivity index is 2.17. The predicted molar refractivity (Wildman–Crippen MR) is 104 cm³/mol. The van der Waals surface area contributed by atoms with E-state index in [0.717, 1.165) is 0 Å². The van der Waals surface area contributed by atoms with Crippen LogP contribution in [0.1, 0.15) is 21.5 Å². The van der Waals surface area contributed by atoms with Gasteiger partial charge in [0.15, 0.2) is 6.61 Å². The molecule has 0 radical (unpaired) electrons. The average Bonchev–Trinajstić information content (AvgIpc) is 2.69. The first-order valence-corrected chi connectivity index (χ1v) is 8.51. The monoisotopic (exact) mass is 405 g/mol. The molecular weight excluding hydrogens is 386 g/mol. The van der Waals surface area contributed by atoms with Gasteiger partial charge in [0.25, 0.3) is 5.91 Å². The van der Waals surface area contributed by atoms with Gasteiger partial charge in [0, 0.05) is 28.3 Å². The van der Waals surface area contributed by atoms with Crippen molar-refractivity contribution in [2.45, 2.75) is 6.54 Å². The normalized spacial score (nSPS) is 10.1. The minimum absolute atomic E-state index is 0.113. The molecule has 0 unspecified atom stereocenters. The number of carbonyl (C=O) groups is 2. The SMILES string of the molecule is COC(=O)COc1cc(C(=N)N)ccc1CNC(=O)c1cc(Cl)cc(OC)c1. The quantitative estimate of drug-likeness (QED) is 0.351. The number of benzene rings is 2. The number of amides is 1. The largest absolute Gasteiger partial charge is 0.497 e. The Hall–Kier alpha value is -3.26. The van der Waals surface area contributed by atoms with Crippen LogP contribution in [0.25, 0.3) is 0 Å². The summed E-state index contributed by atoms with van der Waals surface area (Å²) < 4.78 is 15.1. The predicted octanol–water partition coefficient (Wildman–Crippen LogP) is 2.11. The van der Waals surface area contributed by atoms with E-state index < -0.39 is 5.97 Å². The van der Waals surface area contributed by atoms with Crippen LogP contribution in [-0.2, 0) is 16.1 Å². The van der Waals surface area contributed by atoms with Gasteiger partial charge in [0.1, 0.15) is 17.3 Å². The van der Waals surface area contributed by atoms with Gasteiger partial charge in [-0.25, -0.2) is 4.79 Å². The number of nitrogen functional groups attached to an aromatic ring is 1. The summed E-state index contributed by atoms with van der Waals surface area (Å²) in [5.74, 6) is -0.304. The molecule has 0 heterocycles. The lowest BCUT2D eigenvalue weighted by Crippen LogP contribution is -2.24. The summed E-state index contributed by atoms with van der Waals surface area (Å²) in [4.78, 5) is 23.8. The maximum absolute atomic E-state index is 12.4. The molecule has 4 N–H and O–H groups in total. The first kappa shape index (κ1) is 21.0. The summed E-state index contributed by atoms with van der Waals surface area (Å²) in [5, 5.41) is 10.7. The van der Waals surface area contributed by atoms with E-state index in [2.05, 4.69) is 10.1 Å². The van der Waals surface area contributed by atoms with E-state index in [-0.39, 0.29) is 24.9 Å². The number of carbonyl (C=O) groups excluding carboxylic acids is 2. The van der Waals surface area contributed by atoms with Crippen LogP contribution in [-0.4, -0.2) is 38.5 Å². The van der Waals surface area contributed by atoms with E-state index in [1.165, 1.54) is 26.4 Å². The van der Waals surface area contributed by atoms with E-state index in [1.807, 2.05) is 0 Å². The van der Waals surface area contributed by atoms with Crippen LogP contribution in [0.3, 0.4) is 0 Å². The summed E-state index contributed by atoms with van der Waals surface area (Å²) >= 11 is 5.99. The Bertz CT molecular complexity index is 901. The molecule has 0 atom stereocenters. The van der Waals surface area contributed by atoms with Crippen LogP contribution in [0.4, 0.5) is 0 Å². The van der Waals surface area contributed by atoms with E-state index in [9.17, 15) is 9.59 Å². The summed E-state index contributed by atoms with van der Waals surface area (Å²) in [5.41, 5.74) is 6.85. The number of esters is 1. The van der Waals surface area contributed by atoms with Crippen molar-refractivity contribution in [3.05, 3.63) is 58.1 Å². The molecule has 28 heavy (non-hydrogen) atoms. The number of nitrogens with one attached hydrogen (secondary N) is 2. The number of rotatable bonds is 8. The molecule has 2 aromatic rings. The molecule has 1 amide bonds. The first-order chi connectivity index (χ1) is 13.3. The Kier molecular flexibility index (Phi) is 7.22. The van der Waals surface area contributed by atoms with Crippen LogP contribution in [0.15, 0.2) is 36.4 Å². The van der Waals surface area contributed by atoms with Crippen molar-refractivity contribution in [1.82, 2.24) is 5.32 Å². The lowest BCUT2D eigenvalue weighted by Gasteiger charge is -2.13. The van der Waals surface area contributed by atoms with E-state index in [1.54, 1.807) is 24.3 Å². The average molecular weight is 406 g/mol. The highest BCUT2D eigenvalue weighted by molar-refractivity contribution is 6.31. The fourth-order valence-electron chi connectivity index (χ4n) is 2.29. The highest BCUT2D eigenvalue weighted by atomic mass is 35.5. The van der Waals surface area contributed by atoms with Crippen molar-refractivity contribution in [1.29, 1.82) is 5.41 Å². The highest BCUT2D eigenvalue weighted by Crippen LogP contribution is 2.23. The summed E-state index contributed by atoms with van der Waals surface area (Å²) in [6.45, 7) is -0.202. The minimum Gasteiger partial charge on any atom is -0.497 e. The van der Waals surface area contributed by atoms with Gasteiger partial charge in [0.2, 0.25) is 0 Å². The minimum atomic E-state index is -0.561. The molecule has 0 aromatic heterocycles. The summed E-state index contributed by atoms with van der Waals surface area (Å²) in [7, 11) is 2.73. The zero-order valence-corrected chi connectivity index (χ0v) is 16.1. The molecule has 8 nitrogen and oxygen atoms in total. The molecule has 0 aliphatic carbocycles. The molecule has 0 saturated heterocycles. The topological polar surface area (TPSA) is 124 Å². The number of amidine groups is 1. The maximum Gasteiger partial charge on any atom is 0.343 e. The van der Waals surface area contributed by atoms with Gasteiger partial charge < -0.3 is 25.3 Å². The van der Waals surface area contributed by atoms with Gasteiger partial charge in [-0.3, -0.25) is 10.2 Å². The molecule has 0 fully saturated rings. The highest BCUT2D eigenvalue weighted by Gasteiger charge is 2.13. The molecular formula is C19H20ClN3O5. The number of methoxy groups -OCH3 is 2. The second kappa shape index (κ2) is 9.61. The van der Waals surface area contributed by atoms with Crippen LogP contribution in [0, 0.1) is 5.41 Å². The fraction of sp³-hybridized carbons (Fsp3) is 0.211. The molecule has 0 spiro atoms. The zero-order chi connectivity index (χ0) is 20.7. The zero-order valence-electron chi connectivity index (χ0n) is 15.4. The van der Waals surface area contributed by atoms with Crippen LogP contribution >= 0.6 is 11.6 Å². The Morgan fingerprint density at radius 1 is 1.14 bits per heavy atom. The number of ether oxygens (including phenoxy) is 3. The van der Waals surface area contributed by atoms with Gasteiger partial charge in [-0.05, 0) is 24.3 Å². The summed E-state index contributed by atoms with van der Waals surface area (Å²) in [6.07, 6.45) is 0. The number of halogens is 1. The van der Waals surface area contributed by atoms with Crippen molar-refractivity contribution in [3.8, 4) is 11.5 Å². The smallest absolute Gasteiger partial charge is 0.343 e. The second-order valence-electron chi connectivity index (χ2n) is 5.66. The third-order valence-electron chi connectivity index (χ3n) is 3.76. The number of hydrogen-bond donors (Lipinski definition) is 3. The molecule has 0 aliphatic heterocycles. The van der Waals surface area contributed by atoms with Crippen molar-refractivity contribution in [2.24, 2.45) is 5.73 Å². The molecule has 2 rings (SSSR count). The fourth-order valence-corrected chi connectivity index (χ4v) is 2.51. The van der Waals surface area contributed by atoms with Crippen LogP contribution in [0.5, 0.6) is 11.5 Å². The standard InChI is InChI=1S/C19H20ClN3O5/c1-26-15-6-13(5-14(20)8-15)19(25)23-9-12-4-3-11(18(21)22)7-16(12)28-10-17(24)27-2/h3-8H,9-10H2,1-2H3,(H3,21,22)(H,23,25). The van der Waals surface area contributed by atoms with Gasteiger partial charge in [-0.1, -0.05) is 23.7 Å². The molecule has 0 aliphatic rings. The second-order valence-corrected chi connectivity index (χ2v) is 6.10. The third-order valence-corrected chi connectivity index (χ3v) is 3.98.